The molecule has 0 aromatic carbocycles. The van der Waals surface area contributed by atoms with Crippen molar-refractivity contribution in [2.24, 2.45) is 0 Å². The summed E-state index contributed by atoms with van der Waals surface area (Å²) in [6, 6.07) is 0.506. The van der Waals surface area contributed by atoms with Crippen LogP contribution in [0.3, 0.4) is 0 Å². The summed E-state index contributed by atoms with van der Waals surface area (Å²) in [5, 5.41) is 3.41. The Bertz CT molecular complexity index is 124. The fraction of sp³-hybridized carbons (Fsp3) is 0.556. The molecule has 1 heteroatoms. The smallest absolute Gasteiger partial charge is 0.0441 e. The molecule has 1 rings (SSSR count). The summed E-state index contributed by atoms with van der Waals surface area (Å²) in [6.45, 7) is 3.35. The van der Waals surface area contributed by atoms with E-state index in [2.05, 4.69) is 36.5 Å². The molecule has 0 aliphatic heterocycles. The first-order chi connectivity index (χ1) is 4.93. The predicted octanol–water partition coefficient (Wildman–Crippen LogP) is 1.87. The quantitative estimate of drug-likeness (QED) is 0.583. The van der Waals surface area contributed by atoms with E-state index in [1.54, 1.807) is 0 Å². The highest BCUT2D eigenvalue weighted by atomic mass is 14.9. The molecule has 1 aliphatic rings. The lowest BCUT2D eigenvalue weighted by Gasteiger charge is -2.06. The van der Waals surface area contributed by atoms with Gasteiger partial charge in [0.15, 0.2) is 0 Å². The van der Waals surface area contributed by atoms with Gasteiger partial charge in [-0.25, -0.2) is 0 Å². The molecule has 1 nitrogen and oxygen atoms in total. The van der Waals surface area contributed by atoms with Gasteiger partial charge >= 0.3 is 0 Å². The van der Waals surface area contributed by atoms with E-state index in [9.17, 15) is 0 Å². The van der Waals surface area contributed by atoms with Gasteiger partial charge in [0.1, 0.15) is 0 Å². The molecule has 0 radical (unpaired) electrons. The second kappa shape index (κ2) is 4.29. The van der Waals surface area contributed by atoms with E-state index in [4.69, 9.17) is 0 Å². The summed E-state index contributed by atoms with van der Waals surface area (Å²) in [6.07, 6.45) is 11.1. The van der Waals surface area contributed by atoms with Crippen LogP contribution in [-0.2, 0) is 0 Å². The van der Waals surface area contributed by atoms with Gasteiger partial charge in [0.05, 0.1) is 0 Å². The fourth-order valence-electron chi connectivity index (χ4n) is 1.01. The van der Waals surface area contributed by atoms with E-state index in [1.165, 1.54) is 12.8 Å². The molecule has 0 spiro atoms. The molecular formula is C9H15N. The molecular weight excluding hydrogens is 122 g/mol. The van der Waals surface area contributed by atoms with E-state index < -0.39 is 0 Å². The summed E-state index contributed by atoms with van der Waals surface area (Å²) >= 11 is 0. The summed E-state index contributed by atoms with van der Waals surface area (Å²) in [5.74, 6) is 0. The molecule has 0 heterocycles. The second-order valence-electron chi connectivity index (χ2n) is 2.60. The van der Waals surface area contributed by atoms with Crippen molar-refractivity contribution in [2.45, 2.75) is 25.8 Å². The minimum absolute atomic E-state index is 0.506. The van der Waals surface area contributed by atoms with Crippen molar-refractivity contribution in [2.75, 3.05) is 6.54 Å². The summed E-state index contributed by atoms with van der Waals surface area (Å²) < 4.78 is 0. The molecule has 0 saturated carbocycles. The maximum atomic E-state index is 3.41. The largest absolute Gasteiger partial charge is 0.307 e. The van der Waals surface area contributed by atoms with Gasteiger partial charge in [-0.1, -0.05) is 37.6 Å². The summed E-state index contributed by atoms with van der Waals surface area (Å²) in [5.41, 5.74) is 0. The van der Waals surface area contributed by atoms with Crippen LogP contribution in [0.1, 0.15) is 19.8 Å². The van der Waals surface area contributed by atoms with Crippen molar-refractivity contribution in [3.05, 3.63) is 24.3 Å². The van der Waals surface area contributed by atoms with Crippen LogP contribution in [0, 0.1) is 0 Å². The predicted molar refractivity (Wildman–Crippen MR) is 45.0 cm³/mol. The molecule has 0 bridgehead atoms. The molecule has 0 aromatic rings. The minimum atomic E-state index is 0.506. The van der Waals surface area contributed by atoms with Crippen molar-refractivity contribution in [1.29, 1.82) is 0 Å². The van der Waals surface area contributed by atoms with Crippen molar-refractivity contribution in [3.8, 4) is 0 Å². The zero-order chi connectivity index (χ0) is 7.23. The van der Waals surface area contributed by atoms with Crippen LogP contribution < -0.4 is 5.32 Å². The Labute approximate surface area is 62.8 Å². The molecule has 10 heavy (non-hydrogen) atoms. The highest BCUT2D eigenvalue weighted by Gasteiger charge is 1.99. The van der Waals surface area contributed by atoms with E-state index in [-0.39, 0.29) is 0 Å². The fourth-order valence-corrected chi connectivity index (χ4v) is 1.01. The Morgan fingerprint density at radius 3 is 2.60 bits per heavy atom. The lowest BCUT2D eigenvalue weighted by molar-refractivity contribution is 0.633. The van der Waals surface area contributed by atoms with Crippen LogP contribution in [0.5, 0.6) is 0 Å². The molecule has 0 amide bonds. The third-order valence-corrected chi connectivity index (χ3v) is 1.66. The number of allylic oxidation sites excluding steroid dienone is 2. The molecule has 0 aromatic heterocycles. The number of nitrogens with one attached hydrogen (secondary N) is 1. The van der Waals surface area contributed by atoms with Crippen LogP contribution in [0.4, 0.5) is 0 Å². The Kier molecular flexibility index (Phi) is 3.23. The highest BCUT2D eigenvalue weighted by Crippen LogP contribution is 1.98. The Hall–Kier alpha value is -0.560. The molecule has 1 N–H and O–H groups in total. The van der Waals surface area contributed by atoms with E-state index >= 15 is 0 Å². The lowest BCUT2D eigenvalue weighted by Crippen LogP contribution is -2.24. The molecule has 56 valence electrons. The normalized spacial score (nSPS) is 16.9. The Morgan fingerprint density at radius 2 is 2.00 bits per heavy atom. The van der Waals surface area contributed by atoms with Crippen LogP contribution >= 0.6 is 0 Å². The number of hydrogen-bond acceptors (Lipinski definition) is 1. The van der Waals surface area contributed by atoms with E-state index in [1.807, 2.05) is 0 Å². The van der Waals surface area contributed by atoms with Gasteiger partial charge in [-0.05, 0) is 13.0 Å². The molecule has 0 fully saturated rings. The first-order valence-corrected chi connectivity index (χ1v) is 4.02. The Balaban J connectivity index is 2.03. The van der Waals surface area contributed by atoms with Crippen molar-refractivity contribution in [3.63, 3.8) is 0 Å². The third kappa shape index (κ3) is 2.36. The highest BCUT2D eigenvalue weighted by molar-refractivity contribution is 5.21. The van der Waals surface area contributed by atoms with Crippen molar-refractivity contribution >= 4 is 0 Å². The number of unbranched alkanes of at least 4 members (excludes halogenated alkanes) is 1. The van der Waals surface area contributed by atoms with Gasteiger partial charge in [-0.2, -0.15) is 0 Å². The average molecular weight is 137 g/mol. The summed E-state index contributed by atoms with van der Waals surface area (Å²) in [4.78, 5) is 0. The zero-order valence-electron chi connectivity index (χ0n) is 6.51. The monoisotopic (exact) mass is 137 g/mol. The topological polar surface area (TPSA) is 12.0 Å². The van der Waals surface area contributed by atoms with Gasteiger partial charge in [0.2, 0.25) is 0 Å². The van der Waals surface area contributed by atoms with Gasteiger partial charge in [0.25, 0.3) is 0 Å². The first kappa shape index (κ1) is 7.55. The first-order valence-electron chi connectivity index (χ1n) is 4.02. The lowest BCUT2D eigenvalue weighted by atomic mass is 10.3. The van der Waals surface area contributed by atoms with Crippen molar-refractivity contribution in [1.82, 2.24) is 5.32 Å². The van der Waals surface area contributed by atoms with Crippen LogP contribution in [0.15, 0.2) is 24.3 Å². The molecule has 0 atom stereocenters. The van der Waals surface area contributed by atoms with Crippen LogP contribution in [0.25, 0.3) is 0 Å². The summed E-state index contributed by atoms with van der Waals surface area (Å²) in [7, 11) is 0. The number of rotatable bonds is 4. The van der Waals surface area contributed by atoms with E-state index in [0.29, 0.717) is 6.04 Å². The van der Waals surface area contributed by atoms with Gasteiger partial charge in [0, 0.05) is 6.04 Å². The molecule has 0 saturated heterocycles. The Morgan fingerprint density at radius 1 is 1.30 bits per heavy atom. The average Bonchev–Trinajstić information content (AvgIpc) is 2.41. The maximum absolute atomic E-state index is 3.41. The van der Waals surface area contributed by atoms with Gasteiger partial charge < -0.3 is 5.32 Å². The van der Waals surface area contributed by atoms with Crippen molar-refractivity contribution < 1.29 is 0 Å². The minimum Gasteiger partial charge on any atom is -0.307 e. The maximum Gasteiger partial charge on any atom is 0.0441 e. The zero-order valence-corrected chi connectivity index (χ0v) is 6.51. The van der Waals surface area contributed by atoms with Gasteiger partial charge in [-0.3, -0.25) is 0 Å². The second-order valence-corrected chi connectivity index (χ2v) is 2.60. The number of hydrogen-bond donors (Lipinski definition) is 1. The van der Waals surface area contributed by atoms with Crippen LogP contribution in [0.2, 0.25) is 0 Å². The third-order valence-electron chi connectivity index (χ3n) is 1.66. The van der Waals surface area contributed by atoms with Crippen LogP contribution in [-0.4, -0.2) is 12.6 Å². The van der Waals surface area contributed by atoms with Gasteiger partial charge in [-0.15, -0.1) is 0 Å². The molecule has 1 aliphatic carbocycles. The standard InChI is InChI=1S/C9H15N/c1-2-3-8-10-9-6-4-5-7-9/h4-7,9-10H,2-3,8H2,1H3. The SMILES string of the molecule is CCCCNC1C=CC=C1. The molecule has 0 unspecified atom stereocenters. The van der Waals surface area contributed by atoms with E-state index in [0.717, 1.165) is 6.54 Å².